The van der Waals surface area contributed by atoms with E-state index in [1.54, 1.807) is 38.5 Å². The number of pyridine rings is 1. The summed E-state index contributed by atoms with van der Waals surface area (Å²) in [5.41, 5.74) is 6.31. The van der Waals surface area contributed by atoms with Gasteiger partial charge in [-0.05, 0) is 19.1 Å². The van der Waals surface area contributed by atoms with Crippen LogP contribution in [-0.2, 0) is 4.79 Å². The van der Waals surface area contributed by atoms with E-state index in [0.717, 1.165) is 0 Å². The van der Waals surface area contributed by atoms with Crippen LogP contribution in [0.15, 0.2) is 31.0 Å². The second-order valence-corrected chi connectivity index (χ2v) is 4.38. The highest BCUT2D eigenvalue weighted by Crippen LogP contribution is 2.11. The van der Waals surface area contributed by atoms with E-state index >= 15 is 0 Å². The van der Waals surface area contributed by atoms with Crippen molar-refractivity contribution in [2.24, 2.45) is 11.7 Å². The van der Waals surface area contributed by atoms with Crippen molar-refractivity contribution in [1.82, 2.24) is 19.7 Å². The summed E-state index contributed by atoms with van der Waals surface area (Å²) in [7, 11) is 0. The van der Waals surface area contributed by atoms with Gasteiger partial charge in [0, 0.05) is 6.04 Å². The van der Waals surface area contributed by atoms with Crippen molar-refractivity contribution in [3.8, 4) is 5.82 Å². The van der Waals surface area contributed by atoms with Crippen LogP contribution in [0, 0.1) is 5.92 Å². The van der Waals surface area contributed by atoms with E-state index in [2.05, 4.69) is 20.4 Å². The highest BCUT2D eigenvalue weighted by atomic mass is 35.5. The smallest absolute Gasteiger partial charge is 0.228 e. The minimum atomic E-state index is -0.255. The maximum absolute atomic E-state index is 11.8. The molecule has 0 saturated carbocycles. The van der Waals surface area contributed by atoms with Crippen LogP contribution >= 0.6 is 24.8 Å². The first-order valence-corrected chi connectivity index (χ1v) is 5.95. The summed E-state index contributed by atoms with van der Waals surface area (Å²) >= 11 is 0. The molecule has 2 aromatic heterocycles. The van der Waals surface area contributed by atoms with E-state index in [0.29, 0.717) is 11.5 Å². The highest BCUT2D eigenvalue weighted by Gasteiger charge is 2.17. The molecule has 0 aliphatic carbocycles. The molecule has 116 valence electrons. The van der Waals surface area contributed by atoms with Gasteiger partial charge in [-0.2, -0.15) is 5.10 Å². The number of nitrogens with zero attached hydrogens (tertiary/aromatic N) is 4. The fourth-order valence-corrected chi connectivity index (χ4v) is 1.42. The summed E-state index contributed by atoms with van der Waals surface area (Å²) in [5.74, 6) is 0.260. The van der Waals surface area contributed by atoms with Gasteiger partial charge in [0.25, 0.3) is 0 Å². The van der Waals surface area contributed by atoms with Crippen molar-refractivity contribution in [3.05, 3.63) is 31.0 Å². The molecule has 0 aliphatic rings. The van der Waals surface area contributed by atoms with E-state index in [9.17, 15) is 4.79 Å². The Morgan fingerprint density at radius 3 is 2.52 bits per heavy atom. The van der Waals surface area contributed by atoms with E-state index in [1.165, 1.54) is 11.0 Å². The quantitative estimate of drug-likeness (QED) is 0.882. The molecule has 2 heterocycles. The minimum absolute atomic E-state index is 0. The molecule has 7 nitrogen and oxygen atoms in total. The largest absolute Gasteiger partial charge is 0.327 e. The third-order valence-corrected chi connectivity index (χ3v) is 2.87. The zero-order valence-corrected chi connectivity index (χ0v) is 13.3. The molecule has 2 aromatic rings. The Morgan fingerprint density at radius 1 is 1.33 bits per heavy atom. The second-order valence-electron chi connectivity index (χ2n) is 4.38. The van der Waals surface area contributed by atoms with Gasteiger partial charge < -0.3 is 11.1 Å². The van der Waals surface area contributed by atoms with Crippen molar-refractivity contribution >= 4 is 36.4 Å². The van der Waals surface area contributed by atoms with Crippen molar-refractivity contribution in [1.29, 1.82) is 0 Å². The van der Waals surface area contributed by atoms with Gasteiger partial charge in [0.15, 0.2) is 5.82 Å². The molecule has 0 spiro atoms. The molecule has 2 unspecified atom stereocenters. The van der Waals surface area contributed by atoms with E-state index in [-0.39, 0.29) is 42.7 Å². The highest BCUT2D eigenvalue weighted by molar-refractivity contribution is 5.92. The molecule has 1 amide bonds. The van der Waals surface area contributed by atoms with Gasteiger partial charge >= 0.3 is 0 Å². The zero-order valence-electron chi connectivity index (χ0n) is 11.6. The van der Waals surface area contributed by atoms with Crippen LogP contribution in [0.5, 0.6) is 0 Å². The SMILES string of the molecule is CC(N)C(C)C(=O)Nc1ccc(-n2cncn2)nc1.Cl.Cl. The monoisotopic (exact) mass is 332 g/mol. The number of aromatic nitrogens is 4. The summed E-state index contributed by atoms with van der Waals surface area (Å²) in [6.07, 6.45) is 4.56. The van der Waals surface area contributed by atoms with Crippen molar-refractivity contribution in [3.63, 3.8) is 0 Å². The summed E-state index contributed by atoms with van der Waals surface area (Å²) in [5, 5.41) is 6.74. The van der Waals surface area contributed by atoms with Gasteiger partial charge in [-0.1, -0.05) is 6.92 Å². The number of hydrogen-bond acceptors (Lipinski definition) is 5. The maximum atomic E-state index is 11.8. The van der Waals surface area contributed by atoms with Crippen molar-refractivity contribution in [2.45, 2.75) is 19.9 Å². The molecule has 2 rings (SSSR count). The first-order valence-electron chi connectivity index (χ1n) is 5.95. The van der Waals surface area contributed by atoms with E-state index < -0.39 is 0 Å². The Morgan fingerprint density at radius 2 is 2.05 bits per heavy atom. The predicted molar refractivity (Wildman–Crippen MR) is 85.1 cm³/mol. The van der Waals surface area contributed by atoms with Gasteiger partial charge in [0.1, 0.15) is 12.7 Å². The first-order chi connectivity index (χ1) is 9.08. The van der Waals surface area contributed by atoms with Crippen LogP contribution in [0.2, 0.25) is 0 Å². The fourth-order valence-electron chi connectivity index (χ4n) is 1.42. The lowest BCUT2D eigenvalue weighted by molar-refractivity contribution is -0.119. The van der Waals surface area contributed by atoms with Crippen LogP contribution in [0.1, 0.15) is 13.8 Å². The lowest BCUT2D eigenvalue weighted by atomic mass is 10.0. The van der Waals surface area contributed by atoms with Crippen molar-refractivity contribution < 1.29 is 4.79 Å². The fraction of sp³-hybridized carbons (Fsp3) is 0.333. The molecule has 0 aliphatic heterocycles. The molecular weight excluding hydrogens is 315 g/mol. The minimum Gasteiger partial charge on any atom is -0.327 e. The van der Waals surface area contributed by atoms with Gasteiger partial charge in [-0.15, -0.1) is 24.8 Å². The van der Waals surface area contributed by atoms with Gasteiger partial charge in [-0.25, -0.2) is 14.6 Å². The second kappa shape index (κ2) is 8.56. The Labute approximate surface area is 135 Å². The third kappa shape index (κ3) is 4.96. The maximum Gasteiger partial charge on any atom is 0.228 e. The number of rotatable bonds is 4. The third-order valence-electron chi connectivity index (χ3n) is 2.87. The van der Waals surface area contributed by atoms with E-state index in [4.69, 9.17) is 5.73 Å². The predicted octanol–water partition coefficient (Wildman–Crippen LogP) is 1.43. The number of carbonyl (C=O) groups is 1. The average molecular weight is 333 g/mol. The van der Waals surface area contributed by atoms with Gasteiger partial charge in [0.05, 0.1) is 17.8 Å². The summed E-state index contributed by atoms with van der Waals surface area (Å²) in [6, 6.07) is 3.32. The lowest BCUT2D eigenvalue weighted by Gasteiger charge is -2.15. The van der Waals surface area contributed by atoms with Crippen LogP contribution in [0.4, 0.5) is 5.69 Å². The molecule has 2 atom stereocenters. The topological polar surface area (TPSA) is 98.7 Å². The molecule has 0 saturated heterocycles. The normalized spacial score (nSPS) is 12.5. The number of hydrogen-bond donors (Lipinski definition) is 2. The molecule has 0 fully saturated rings. The first kappa shape index (κ1) is 19.3. The average Bonchev–Trinajstić information content (AvgIpc) is 2.92. The van der Waals surface area contributed by atoms with Crippen LogP contribution in [-0.4, -0.2) is 31.7 Å². The number of amides is 1. The number of nitrogens with one attached hydrogen (secondary N) is 1. The number of halogens is 2. The molecule has 0 radical (unpaired) electrons. The Kier molecular flexibility index (Phi) is 7.86. The van der Waals surface area contributed by atoms with Gasteiger partial charge in [0.2, 0.25) is 5.91 Å². The van der Waals surface area contributed by atoms with Crippen LogP contribution in [0.25, 0.3) is 5.82 Å². The number of anilines is 1. The van der Waals surface area contributed by atoms with Crippen LogP contribution < -0.4 is 11.1 Å². The lowest BCUT2D eigenvalue weighted by Crippen LogP contribution is -2.34. The Hall–Kier alpha value is -1.70. The summed E-state index contributed by atoms with van der Waals surface area (Å²) in [4.78, 5) is 19.9. The number of carbonyl (C=O) groups excluding carboxylic acids is 1. The molecule has 0 aromatic carbocycles. The summed E-state index contributed by atoms with van der Waals surface area (Å²) in [6.45, 7) is 3.59. The van der Waals surface area contributed by atoms with Gasteiger partial charge in [-0.3, -0.25) is 4.79 Å². The summed E-state index contributed by atoms with van der Waals surface area (Å²) < 4.78 is 1.54. The van der Waals surface area contributed by atoms with Crippen molar-refractivity contribution in [2.75, 3.05) is 5.32 Å². The molecular formula is C12H18Cl2N6O. The molecule has 9 heteroatoms. The molecule has 0 bridgehead atoms. The number of nitrogens with two attached hydrogens (primary N) is 1. The van der Waals surface area contributed by atoms with Crippen LogP contribution in [0.3, 0.4) is 0 Å². The zero-order chi connectivity index (χ0) is 13.8. The Balaban J connectivity index is 0.00000200. The molecule has 21 heavy (non-hydrogen) atoms. The van der Waals surface area contributed by atoms with E-state index in [1.807, 2.05) is 0 Å². The Bertz CT molecular complexity index is 543. The standard InChI is InChI=1S/C12H16N6O.2ClH/c1-8(9(2)13)12(19)17-10-3-4-11(15-5-10)18-7-14-6-16-18;;/h3-9H,13H2,1-2H3,(H,17,19);2*1H. The molecule has 3 N–H and O–H groups in total.